The second kappa shape index (κ2) is 4.92. The van der Waals surface area contributed by atoms with E-state index in [0.29, 0.717) is 0 Å². The van der Waals surface area contributed by atoms with Crippen molar-refractivity contribution in [2.45, 2.75) is 26.8 Å². The van der Waals surface area contributed by atoms with Gasteiger partial charge in [-0.1, -0.05) is 28.1 Å². The second-order valence-electron chi connectivity index (χ2n) is 4.41. The highest BCUT2D eigenvalue weighted by Crippen LogP contribution is 2.31. The summed E-state index contributed by atoms with van der Waals surface area (Å²) in [6, 6.07) is 6.45. The largest absolute Gasteiger partial charge is 0.320 e. The molecule has 0 radical (unpaired) electrons. The zero-order valence-corrected chi connectivity index (χ0v) is 12.7. The lowest BCUT2D eigenvalue weighted by atomic mass is 9.99. The van der Waals surface area contributed by atoms with Crippen LogP contribution < -0.4 is 5.73 Å². The predicted octanol–water partition coefficient (Wildman–Crippen LogP) is 4.48. The first kappa shape index (κ1) is 12.8. The van der Waals surface area contributed by atoms with Gasteiger partial charge < -0.3 is 5.73 Å². The van der Waals surface area contributed by atoms with Crippen molar-refractivity contribution in [3.8, 4) is 0 Å². The van der Waals surface area contributed by atoms with Crippen molar-refractivity contribution in [3.63, 3.8) is 0 Å². The third kappa shape index (κ3) is 2.46. The normalized spacial score (nSPS) is 12.8. The van der Waals surface area contributed by atoms with Crippen LogP contribution in [0.4, 0.5) is 0 Å². The summed E-state index contributed by atoms with van der Waals surface area (Å²) in [5, 5.41) is 2.10. The van der Waals surface area contributed by atoms with Crippen LogP contribution in [0.25, 0.3) is 0 Å². The van der Waals surface area contributed by atoms with Gasteiger partial charge in [0.05, 0.1) is 6.04 Å². The van der Waals surface area contributed by atoms with Crippen molar-refractivity contribution in [1.82, 2.24) is 0 Å². The summed E-state index contributed by atoms with van der Waals surface area (Å²) in [7, 11) is 0. The van der Waals surface area contributed by atoms with Crippen LogP contribution >= 0.6 is 27.3 Å². The summed E-state index contributed by atoms with van der Waals surface area (Å²) in [6.45, 7) is 6.33. The van der Waals surface area contributed by atoms with E-state index in [-0.39, 0.29) is 6.04 Å². The Hall–Kier alpha value is -0.640. The van der Waals surface area contributed by atoms with Crippen molar-refractivity contribution in [3.05, 3.63) is 55.2 Å². The van der Waals surface area contributed by atoms with Crippen molar-refractivity contribution in [2.24, 2.45) is 5.73 Å². The topological polar surface area (TPSA) is 26.0 Å². The highest BCUT2D eigenvalue weighted by molar-refractivity contribution is 9.10. The lowest BCUT2D eigenvalue weighted by molar-refractivity contribution is 0.880. The summed E-state index contributed by atoms with van der Waals surface area (Å²) in [5.74, 6) is 0. The number of rotatable bonds is 2. The maximum absolute atomic E-state index is 6.34. The van der Waals surface area contributed by atoms with Gasteiger partial charge in [0.2, 0.25) is 0 Å². The minimum absolute atomic E-state index is 0.0134. The quantitative estimate of drug-likeness (QED) is 0.869. The number of hydrogen-bond acceptors (Lipinski definition) is 2. The Morgan fingerprint density at radius 1 is 1.12 bits per heavy atom. The first-order valence-electron chi connectivity index (χ1n) is 5.57. The van der Waals surface area contributed by atoms with Crippen LogP contribution in [0.15, 0.2) is 28.1 Å². The molecule has 0 aliphatic rings. The van der Waals surface area contributed by atoms with E-state index in [9.17, 15) is 0 Å². The predicted molar refractivity (Wildman–Crippen MR) is 78.7 cm³/mol. The molecule has 2 rings (SSSR count). The van der Waals surface area contributed by atoms with E-state index in [1.165, 1.54) is 31.6 Å². The van der Waals surface area contributed by atoms with Gasteiger partial charge in [-0.05, 0) is 54.5 Å². The highest BCUT2D eigenvalue weighted by atomic mass is 79.9. The molecule has 3 heteroatoms. The Morgan fingerprint density at radius 2 is 1.71 bits per heavy atom. The maximum atomic E-state index is 6.34. The fourth-order valence-corrected chi connectivity index (χ4v) is 3.20. The molecular weight excluding hydrogens is 294 g/mol. The van der Waals surface area contributed by atoms with E-state index in [1.807, 2.05) is 0 Å². The van der Waals surface area contributed by atoms with Crippen molar-refractivity contribution in [1.29, 1.82) is 0 Å². The van der Waals surface area contributed by atoms with Gasteiger partial charge in [0.15, 0.2) is 0 Å². The molecular formula is C14H16BrNS. The van der Waals surface area contributed by atoms with Crippen LogP contribution in [0, 0.1) is 20.8 Å². The molecule has 1 aromatic heterocycles. The first-order chi connectivity index (χ1) is 8.00. The summed E-state index contributed by atoms with van der Waals surface area (Å²) >= 11 is 5.32. The van der Waals surface area contributed by atoms with Gasteiger partial charge in [0.25, 0.3) is 0 Å². The van der Waals surface area contributed by atoms with Crippen LogP contribution in [0.2, 0.25) is 0 Å². The number of halogens is 1. The molecule has 0 amide bonds. The molecule has 17 heavy (non-hydrogen) atoms. The summed E-state index contributed by atoms with van der Waals surface area (Å²) in [5.41, 5.74) is 11.3. The summed E-state index contributed by atoms with van der Waals surface area (Å²) < 4.78 is 1.18. The third-order valence-electron chi connectivity index (χ3n) is 3.00. The standard InChI is InChI=1S/C14H16BrNS/c1-8-4-5-17-14(8)13(16)11-6-9(2)12(15)10(3)7-11/h4-7,13H,16H2,1-3H3. The van der Waals surface area contributed by atoms with Gasteiger partial charge in [0, 0.05) is 9.35 Å². The minimum atomic E-state index is -0.0134. The Bertz CT molecular complexity index is 522. The van der Waals surface area contributed by atoms with Gasteiger partial charge in [-0.25, -0.2) is 0 Å². The Kier molecular flexibility index (Phi) is 3.71. The van der Waals surface area contributed by atoms with E-state index < -0.39 is 0 Å². The molecule has 1 nitrogen and oxygen atoms in total. The number of hydrogen-bond donors (Lipinski definition) is 1. The molecule has 1 heterocycles. The highest BCUT2D eigenvalue weighted by Gasteiger charge is 2.14. The molecule has 0 spiro atoms. The molecule has 90 valence electrons. The molecule has 0 saturated heterocycles. The van der Waals surface area contributed by atoms with E-state index in [1.54, 1.807) is 11.3 Å². The van der Waals surface area contributed by atoms with Gasteiger partial charge >= 0.3 is 0 Å². The lowest BCUT2D eigenvalue weighted by Crippen LogP contribution is -2.12. The Balaban J connectivity index is 2.45. The lowest BCUT2D eigenvalue weighted by Gasteiger charge is -2.15. The molecule has 2 aromatic rings. The molecule has 1 atom stereocenters. The number of benzene rings is 1. The molecule has 2 N–H and O–H groups in total. The monoisotopic (exact) mass is 309 g/mol. The maximum Gasteiger partial charge on any atom is 0.0648 e. The molecule has 0 saturated carbocycles. The average Bonchev–Trinajstić information content (AvgIpc) is 2.70. The van der Waals surface area contributed by atoms with E-state index in [0.717, 1.165) is 0 Å². The van der Waals surface area contributed by atoms with Gasteiger partial charge in [-0.2, -0.15) is 0 Å². The Labute approximate surface area is 115 Å². The van der Waals surface area contributed by atoms with Crippen LogP contribution in [0.1, 0.15) is 33.2 Å². The van der Waals surface area contributed by atoms with Crippen LogP contribution in [0.5, 0.6) is 0 Å². The average molecular weight is 310 g/mol. The van der Waals surface area contributed by atoms with E-state index in [2.05, 4.69) is 60.3 Å². The molecule has 0 fully saturated rings. The van der Waals surface area contributed by atoms with E-state index in [4.69, 9.17) is 5.73 Å². The summed E-state index contributed by atoms with van der Waals surface area (Å²) in [6.07, 6.45) is 0. The van der Waals surface area contributed by atoms with Gasteiger partial charge in [0.1, 0.15) is 0 Å². The number of thiophene rings is 1. The molecule has 0 aliphatic carbocycles. The molecule has 0 aliphatic heterocycles. The van der Waals surface area contributed by atoms with Crippen molar-refractivity contribution < 1.29 is 0 Å². The SMILES string of the molecule is Cc1ccsc1C(N)c1cc(C)c(Br)c(C)c1. The number of nitrogens with two attached hydrogens (primary N) is 1. The zero-order chi connectivity index (χ0) is 12.6. The minimum Gasteiger partial charge on any atom is -0.320 e. The molecule has 1 aromatic carbocycles. The van der Waals surface area contributed by atoms with Crippen LogP contribution in [-0.4, -0.2) is 0 Å². The Morgan fingerprint density at radius 3 is 2.18 bits per heavy atom. The van der Waals surface area contributed by atoms with Gasteiger partial charge in [-0.15, -0.1) is 11.3 Å². The van der Waals surface area contributed by atoms with Crippen LogP contribution in [0.3, 0.4) is 0 Å². The fraction of sp³-hybridized carbons (Fsp3) is 0.286. The third-order valence-corrected chi connectivity index (χ3v) is 5.35. The first-order valence-corrected chi connectivity index (χ1v) is 7.24. The second-order valence-corrected chi connectivity index (χ2v) is 6.15. The van der Waals surface area contributed by atoms with Crippen molar-refractivity contribution in [2.75, 3.05) is 0 Å². The molecule has 1 unspecified atom stereocenters. The molecule has 0 bridgehead atoms. The zero-order valence-electron chi connectivity index (χ0n) is 10.3. The van der Waals surface area contributed by atoms with Gasteiger partial charge in [-0.3, -0.25) is 0 Å². The van der Waals surface area contributed by atoms with Crippen LogP contribution in [-0.2, 0) is 0 Å². The summed E-state index contributed by atoms with van der Waals surface area (Å²) in [4.78, 5) is 1.26. The van der Waals surface area contributed by atoms with Crippen molar-refractivity contribution >= 4 is 27.3 Å². The smallest absolute Gasteiger partial charge is 0.0648 e. The number of aryl methyl sites for hydroxylation is 3. The van der Waals surface area contributed by atoms with E-state index >= 15 is 0 Å². The fourth-order valence-electron chi connectivity index (χ4n) is 2.01.